The van der Waals surface area contributed by atoms with Gasteiger partial charge in [0.05, 0.1) is 0 Å². The zero-order valence-corrected chi connectivity index (χ0v) is 13.4. The second-order valence-corrected chi connectivity index (χ2v) is 6.42. The first-order valence-corrected chi connectivity index (χ1v) is 7.49. The highest BCUT2D eigenvalue weighted by molar-refractivity contribution is 5.44. The Labute approximate surface area is 128 Å². The summed E-state index contributed by atoms with van der Waals surface area (Å²) in [6, 6.07) is 16.8. The van der Waals surface area contributed by atoms with Crippen LogP contribution in [0.15, 0.2) is 48.5 Å². The third-order valence-corrected chi connectivity index (χ3v) is 3.45. The quantitative estimate of drug-likeness (QED) is 0.797. The Morgan fingerprint density at radius 1 is 1.00 bits per heavy atom. The lowest BCUT2D eigenvalue weighted by molar-refractivity contribution is 0.332. The third kappa shape index (κ3) is 4.82. The van der Waals surface area contributed by atoms with Crippen LogP contribution in [0.1, 0.15) is 31.9 Å². The molecule has 21 heavy (non-hydrogen) atoms. The van der Waals surface area contributed by atoms with Gasteiger partial charge in [-0.25, -0.2) is 0 Å². The van der Waals surface area contributed by atoms with Crippen molar-refractivity contribution in [1.82, 2.24) is 0 Å². The Morgan fingerprint density at radius 2 is 1.71 bits per heavy atom. The fraction of sp³-hybridized carbons (Fsp3) is 0.368. The normalized spacial score (nSPS) is 11.2. The van der Waals surface area contributed by atoms with E-state index in [0.29, 0.717) is 6.61 Å². The van der Waals surface area contributed by atoms with Crippen molar-refractivity contribution in [3.05, 3.63) is 59.7 Å². The molecule has 0 saturated heterocycles. The first-order chi connectivity index (χ1) is 9.95. The van der Waals surface area contributed by atoms with Gasteiger partial charge >= 0.3 is 0 Å². The molecule has 0 aliphatic heterocycles. The number of aryl methyl sites for hydroxylation is 1. The van der Waals surface area contributed by atoms with Crippen LogP contribution in [0.2, 0.25) is 0 Å². The molecule has 0 heterocycles. The fourth-order valence-corrected chi connectivity index (χ4v) is 2.09. The summed E-state index contributed by atoms with van der Waals surface area (Å²) < 4.78 is 5.82. The van der Waals surface area contributed by atoms with E-state index in [-0.39, 0.29) is 5.41 Å². The zero-order valence-electron chi connectivity index (χ0n) is 13.4. The Kier molecular flexibility index (Phi) is 4.89. The van der Waals surface area contributed by atoms with Crippen LogP contribution in [-0.4, -0.2) is 13.2 Å². The van der Waals surface area contributed by atoms with E-state index in [9.17, 15) is 0 Å². The number of rotatable bonds is 5. The Bertz CT molecular complexity index is 567. The molecule has 2 aromatic carbocycles. The maximum Gasteiger partial charge on any atom is 0.119 e. The van der Waals surface area contributed by atoms with Crippen LogP contribution >= 0.6 is 0 Å². The van der Waals surface area contributed by atoms with Gasteiger partial charge in [-0.3, -0.25) is 0 Å². The lowest BCUT2D eigenvalue weighted by Gasteiger charge is -2.19. The van der Waals surface area contributed by atoms with Crippen LogP contribution in [0.3, 0.4) is 0 Å². The molecular weight excluding hydrogens is 258 g/mol. The molecule has 2 heteroatoms. The van der Waals surface area contributed by atoms with E-state index in [1.54, 1.807) is 0 Å². The minimum Gasteiger partial charge on any atom is -0.492 e. The Balaban J connectivity index is 1.82. The average molecular weight is 283 g/mol. The Morgan fingerprint density at radius 3 is 2.38 bits per heavy atom. The summed E-state index contributed by atoms with van der Waals surface area (Å²) in [7, 11) is 0. The van der Waals surface area contributed by atoms with E-state index in [4.69, 9.17) is 4.74 Å². The number of hydrogen-bond donors (Lipinski definition) is 1. The van der Waals surface area contributed by atoms with Crippen molar-refractivity contribution in [1.29, 1.82) is 0 Å². The van der Waals surface area contributed by atoms with E-state index >= 15 is 0 Å². The Hall–Kier alpha value is -1.96. The molecule has 0 unspecified atom stereocenters. The van der Waals surface area contributed by atoms with Gasteiger partial charge in [0.2, 0.25) is 0 Å². The van der Waals surface area contributed by atoms with E-state index < -0.39 is 0 Å². The summed E-state index contributed by atoms with van der Waals surface area (Å²) in [6.45, 7) is 10.2. The topological polar surface area (TPSA) is 21.3 Å². The molecular formula is C19H25NO. The summed E-state index contributed by atoms with van der Waals surface area (Å²) in [5, 5.41) is 3.36. The largest absolute Gasteiger partial charge is 0.492 e. The highest BCUT2D eigenvalue weighted by atomic mass is 16.5. The molecule has 2 aromatic rings. The summed E-state index contributed by atoms with van der Waals surface area (Å²) in [5.74, 6) is 0.938. The molecule has 0 saturated carbocycles. The predicted molar refractivity (Wildman–Crippen MR) is 90.3 cm³/mol. The van der Waals surface area contributed by atoms with E-state index in [1.165, 1.54) is 11.1 Å². The van der Waals surface area contributed by atoms with Crippen LogP contribution in [-0.2, 0) is 5.41 Å². The molecule has 0 aromatic heterocycles. The number of ether oxygens (including phenoxy) is 1. The minimum absolute atomic E-state index is 0.152. The van der Waals surface area contributed by atoms with Crippen molar-refractivity contribution in [2.75, 3.05) is 18.5 Å². The molecule has 0 spiro atoms. The van der Waals surface area contributed by atoms with Gasteiger partial charge in [-0.2, -0.15) is 0 Å². The molecule has 0 amide bonds. The summed E-state index contributed by atoms with van der Waals surface area (Å²) in [4.78, 5) is 0. The summed E-state index contributed by atoms with van der Waals surface area (Å²) >= 11 is 0. The molecule has 0 aliphatic carbocycles. The molecule has 1 N–H and O–H groups in total. The van der Waals surface area contributed by atoms with Crippen molar-refractivity contribution >= 4 is 5.69 Å². The molecule has 2 nitrogen and oxygen atoms in total. The zero-order chi connectivity index (χ0) is 15.3. The van der Waals surface area contributed by atoms with Gasteiger partial charge in [0, 0.05) is 12.2 Å². The van der Waals surface area contributed by atoms with Crippen LogP contribution in [0.4, 0.5) is 5.69 Å². The van der Waals surface area contributed by atoms with Gasteiger partial charge < -0.3 is 10.1 Å². The minimum atomic E-state index is 0.152. The number of nitrogens with one attached hydrogen (secondary N) is 1. The highest BCUT2D eigenvalue weighted by Gasteiger charge is 2.13. The second-order valence-electron chi connectivity index (χ2n) is 6.42. The summed E-state index contributed by atoms with van der Waals surface area (Å²) in [6.07, 6.45) is 0. The monoisotopic (exact) mass is 283 g/mol. The van der Waals surface area contributed by atoms with Crippen LogP contribution in [0, 0.1) is 6.92 Å². The van der Waals surface area contributed by atoms with Crippen LogP contribution < -0.4 is 10.1 Å². The van der Waals surface area contributed by atoms with Crippen molar-refractivity contribution in [2.24, 2.45) is 0 Å². The second kappa shape index (κ2) is 6.66. The van der Waals surface area contributed by atoms with Crippen molar-refractivity contribution in [2.45, 2.75) is 33.1 Å². The lowest BCUT2D eigenvalue weighted by atomic mass is 9.87. The highest BCUT2D eigenvalue weighted by Crippen LogP contribution is 2.25. The molecule has 0 fully saturated rings. The van der Waals surface area contributed by atoms with Gasteiger partial charge in [0.15, 0.2) is 0 Å². The third-order valence-electron chi connectivity index (χ3n) is 3.45. The van der Waals surface area contributed by atoms with Crippen LogP contribution in [0.5, 0.6) is 5.75 Å². The molecule has 0 bridgehead atoms. The van der Waals surface area contributed by atoms with Crippen LogP contribution in [0.25, 0.3) is 0 Å². The maximum atomic E-state index is 5.82. The molecule has 2 rings (SSSR count). The maximum absolute atomic E-state index is 5.82. The fourth-order valence-electron chi connectivity index (χ4n) is 2.09. The molecule has 0 atom stereocenters. The van der Waals surface area contributed by atoms with Gasteiger partial charge in [0.25, 0.3) is 0 Å². The average Bonchev–Trinajstić information content (AvgIpc) is 2.45. The van der Waals surface area contributed by atoms with Crippen molar-refractivity contribution in [3.63, 3.8) is 0 Å². The van der Waals surface area contributed by atoms with Gasteiger partial charge in [-0.1, -0.05) is 50.6 Å². The summed E-state index contributed by atoms with van der Waals surface area (Å²) in [5.41, 5.74) is 3.86. The molecule has 112 valence electrons. The number of anilines is 1. The van der Waals surface area contributed by atoms with Gasteiger partial charge in [-0.15, -0.1) is 0 Å². The van der Waals surface area contributed by atoms with Gasteiger partial charge in [-0.05, 0) is 42.2 Å². The van der Waals surface area contributed by atoms with E-state index in [2.05, 4.69) is 75.5 Å². The number of benzene rings is 2. The first-order valence-electron chi connectivity index (χ1n) is 7.49. The first kappa shape index (κ1) is 15.4. The standard InChI is InChI=1S/C19H25NO/c1-15-8-10-17(11-9-15)20-12-13-21-18-7-5-6-16(14-18)19(2,3)4/h5-11,14,20H,12-13H2,1-4H3. The predicted octanol–water partition coefficient (Wildman–Crippen LogP) is 4.78. The van der Waals surface area contributed by atoms with Crippen molar-refractivity contribution in [3.8, 4) is 5.75 Å². The molecule has 0 aliphatic rings. The van der Waals surface area contributed by atoms with E-state index in [0.717, 1.165) is 18.0 Å². The SMILES string of the molecule is Cc1ccc(NCCOc2cccc(C(C)(C)C)c2)cc1. The molecule has 0 radical (unpaired) electrons. The van der Waals surface area contributed by atoms with E-state index in [1.807, 2.05) is 6.07 Å². The number of hydrogen-bond acceptors (Lipinski definition) is 2. The smallest absolute Gasteiger partial charge is 0.119 e. The van der Waals surface area contributed by atoms with Gasteiger partial charge in [0.1, 0.15) is 12.4 Å². The lowest BCUT2D eigenvalue weighted by Crippen LogP contribution is -2.13. The van der Waals surface area contributed by atoms with Crippen molar-refractivity contribution < 1.29 is 4.74 Å².